The molecular weight excluding hydrogens is 192 g/mol. The molecule has 13 heavy (non-hydrogen) atoms. The van der Waals surface area contributed by atoms with Gasteiger partial charge in [0, 0.05) is 11.4 Å². The van der Waals surface area contributed by atoms with E-state index in [-0.39, 0.29) is 21.8 Å². The molecule has 0 atom stereocenters. The summed E-state index contributed by atoms with van der Waals surface area (Å²) in [5.74, 6) is 0. The first-order chi connectivity index (χ1) is 5.82. The van der Waals surface area contributed by atoms with Crippen LogP contribution in [-0.4, -0.2) is 13.0 Å². The van der Waals surface area contributed by atoms with Crippen molar-refractivity contribution in [2.75, 3.05) is 11.5 Å². The number of rotatable bonds is 1. The summed E-state index contributed by atoms with van der Waals surface area (Å²) >= 11 is 0. The molecule has 72 valence electrons. The van der Waals surface area contributed by atoms with Gasteiger partial charge in [-0.1, -0.05) is 0 Å². The molecule has 4 N–H and O–H groups in total. The second kappa shape index (κ2) is 2.90. The average molecular weight is 201 g/mol. The van der Waals surface area contributed by atoms with Crippen molar-refractivity contribution in [3.63, 3.8) is 0 Å². The number of hydrogen-bond acceptors (Lipinski definition) is 5. The zero-order valence-electron chi connectivity index (χ0n) is 6.94. The van der Waals surface area contributed by atoms with Crippen LogP contribution < -0.4 is 11.5 Å². The SMILES string of the molecule is Cc1c(N)cc(N)cc1S(=O)(=O)[O-]. The van der Waals surface area contributed by atoms with Crippen LogP contribution in [0.4, 0.5) is 11.4 Å². The number of benzene rings is 1. The van der Waals surface area contributed by atoms with Gasteiger partial charge in [0.2, 0.25) is 0 Å². The van der Waals surface area contributed by atoms with Gasteiger partial charge in [-0.05, 0) is 24.6 Å². The Morgan fingerprint density at radius 3 is 2.31 bits per heavy atom. The fraction of sp³-hybridized carbons (Fsp3) is 0.143. The topological polar surface area (TPSA) is 109 Å². The van der Waals surface area contributed by atoms with Gasteiger partial charge in [-0.2, -0.15) is 0 Å². The van der Waals surface area contributed by atoms with Gasteiger partial charge in [0.15, 0.2) is 0 Å². The molecule has 0 unspecified atom stereocenters. The second-order valence-electron chi connectivity index (χ2n) is 2.69. The van der Waals surface area contributed by atoms with E-state index in [1.807, 2.05) is 0 Å². The summed E-state index contributed by atoms with van der Waals surface area (Å²) < 4.78 is 32.1. The van der Waals surface area contributed by atoms with Crippen molar-refractivity contribution in [2.24, 2.45) is 0 Å². The second-order valence-corrected chi connectivity index (χ2v) is 4.04. The van der Waals surface area contributed by atoms with Crippen LogP contribution in [-0.2, 0) is 10.1 Å². The molecule has 1 aromatic carbocycles. The van der Waals surface area contributed by atoms with Crippen LogP contribution in [0.15, 0.2) is 17.0 Å². The lowest BCUT2D eigenvalue weighted by Crippen LogP contribution is -2.05. The third-order valence-electron chi connectivity index (χ3n) is 1.69. The Balaban J connectivity index is 3.56. The van der Waals surface area contributed by atoms with Crippen LogP contribution in [0.3, 0.4) is 0 Å². The Hall–Kier alpha value is -1.27. The molecule has 0 bridgehead atoms. The summed E-state index contributed by atoms with van der Waals surface area (Å²) in [7, 11) is -4.49. The van der Waals surface area contributed by atoms with Crippen LogP contribution in [0.2, 0.25) is 0 Å². The van der Waals surface area contributed by atoms with Crippen molar-refractivity contribution in [1.29, 1.82) is 0 Å². The molecule has 0 amide bonds. The van der Waals surface area contributed by atoms with Crippen molar-refractivity contribution >= 4 is 21.5 Å². The normalized spacial score (nSPS) is 11.5. The molecule has 1 rings (SSSR count). The highest BCUT2D eigenvalue weighted by Crippen LogP contribution is 2.23. The lowest BCUT2D eigenvalue weighted by atomic mass is 10.2. The van der Waals surface area contributed by atoms with Gasteiger partial charge in [-0.25, -0.2) is 8.42 Å². The lowest BCUT2D eigenvalue weighted by Gasteiger charge is -2.12. The molecule has 0 radical (unpaired) electrons. The quantitative estimate of drug-likeness (QED) is 0.493. The minimum absolute atomic E-state index is 0.164. The van der Waals surface area contributed by atoms with Crippen LogP contribution >= 0.6 is 0 Å². The van der Waals surface area contributed by atoms with Crippen molar-refractivity contribution in [2.45, 2.75) is 11.8 Å². The van der Waals surface area contributed by atoms with E-state index in [2.05, 4.69) is 0 Å². The van der Waals surface area contributed by atoms with Gasteiger partial charge in [0.1, 0.15) is 10.1 Å². The van der Waals surface area contributed by atoms with E-state index >= 15 is 0 Å². The van der Waals surface area contributed by atoms with Gasteiger partial charge in [-0.15, -0.1) is 0 Å². The van der Waals surface area contributed by atoms with Crippen molar-refractivity contribution in [3.05, 3.63) is 17.7 Å². The maximum absolute atomic E-state index is 10.7. The highest BCUT2D eigenvalue weighted by molar-refractivity contribution is 7.85. The molecule has 0 saturated heterocycles. The maximum Gasteiger partial charge on any atom is 0.124 e. The summed E-state index contributed by atoms with van der Waals surface area (Å²) in [4.78, 5) is -0.356. The molecule has 0 aliphatic rings. The van der Waals surface area contributed by atoms with E-state index in [4.69, 9.17) is 11.5 Å². The number of hydrogen-bond donors (Lipinski definition) is 2. The summed E-state index contributed by atoms with van der Waals surface area (Å²) in [6.45, 7) is 1.46. The standard InChI is InChI=1S/C7H10N2O3S/c1-4-6(9)2-5(8)3-7(4)13(10,11)12/h2-3H,8-9H2,1H3,(H,10,11,12)/p-1. The molecular formula is C7H9N2O3S-. The minimum Gasteiger partial charge on any atom is -0.744 e. The van der Waals surface area contributed by atoms with E-state index in [0.29, 0.717) is 0 Å². The Bertz CT molecular complexity index is 439. The Labute approximate surface area is 76.1 Å². The van der Waals surface area contributed by atoms with Crippen LogP contribution in [0.5, 0.6) is 0 Å². The zero-order valence-corrected chi connectivity index (χ0v) is 7.76. The molecule has 0 saturated carbocycles. The van der Waals surface area contributed by atoms with Crippen LogP contribution in [0.25, 0.3) is 0 Å². The largest absolute Gasteiger partial charge is 0.744 e. The van der Waals surface area contributed by atoms with Crippen molar-refractivity contribution in [1.82, 2.24) is 0 Å². The summed E-state index contributed by atoms with van der Waals surface area (Å²) in [6, 6.07) is 2.51. The van der Waals surface area contributed by atoms with Gasteiger partial charge >= 0.3 is 0 Å². The van der Waals surface area contributed by atoms with E-state index in [0.717, 1.165) is 6.07 Å². The van der Waals surface area contributed by atoms with E-state index < -0.39 is 10.1 Å². The van der Waals surface area contributed by atoms with Gasteiger partial charge in [0.25, 0.3) is 0 Å². The Kier molecular flexibility index (Phi) is 2.19. The molecule has 6 heteroatoms. The maximum atomic E-state index is 10.7. The minimum atomic E-state index is -4.49. The fourth-order valence-corrected chi connectivity index (χ4v) is 1.76. The average Bonchev–Trinajstić information content (AvgIpc) is 1.94. The lowest BCUT2D eigenvalue weighted by molar-refractivity contribution is 0.462. The van der Waals surface area contributed by atoms with E-state index in [9.17, 15) is 13.0 Å². The molecule has 0 fully saturated rings. The third-order valence-corrected chi connectivity index (χ3v) is 2.65. The molecule has 1 aromatic rings. The summed E-state index contributed by atoms with van der Waals surface area (Å²) in [6.07, 6.45) is 0. The monoisotopic (exact) mass is 201 g/mol. The molecule has 0 aliphatic carbocycles. The zero-order chi connectivity index (χ0) is 10.2. The predicted octanol–water partition coefficient (Wildman–Crippen LogP) is 0.0635. The van der Waals surface area contributed by atoms with Gasteiger partial charge in [-0.3, -0.25) is 0 Å². The van der Waals surface area contributed by atoms with E-state index in [1.165, 1.54) is 13.0 Å². The van der Waals surface area contributed by atoms with Crippen LogP contribution in [0.1, 0.15) is 5.56 Å². The van der Waals surface area contributed by atoms with Crippen molar-refractivity contribution in [3.8, 4) is 0 Å². The van der Waals surface area contributed by atoms with Gasteiger partial charge < -0.3 is 16.0 Å². The smallest absolute Gasteiger partial charge is 0.124 e. The summed E-state index contributed by atoms with van der Waals surface area (Å²) in [5, 5.41) is 0. The van der Waals surface area contributed by atoms with E-state index in [1.54, 1.807) is 0 Å². The van der Waals surface area contributed by atoms with Crippen molar-refractivity contribution < 1.29 is 13.0 Å². The molecule has 0 heterocycles. The predicted molar refractivity (Wildman–Crippen MR) is 48.0 cm³/mol. The number of nitrogen functional groups attached to an aromatic ring is 2. The first-order valence-corrected chi connectivity index (χ1v) is 4.84. The Morgan fingerprint density at radius 1 is 1.31 bits per heavy atom. The Morgan fingerprint density at radius 2 is 1.85 bits per heavy atom. The molecule has 0 aliphatic heterocycles. The van der Waals surface area contributed by atoms with Crippen LogP contribution in [0, 0.1) is 6.92 Å². The first-order valence-electron chi connectivity index (χ1n) is 3.44. The summed E-state index contributed by atoms with van der Waals surface area (Å²) in [5.41, 5.74) is 11.4. The molecule has 0 spiro atoms. The highest BCUT2D eigenvalue weighted by Gasteiger charge is 2.08. The first kappa shape index (κ1) is 9.82. The highest BCUT2D eigenvalue weighted by atomic mass is 32.2. The molecule has 5 nitrogen and oxygen atoms in total. The van der Waals surface area contributed by atoms with Gasteiger partial charge in [0.05, 0.1) is 4.90 Å². The fourth-order valence-electron chi connectivity index (χ4n) is 0.991. The number of anilines is 2. The number of nitrogens with two attached hydrogens (primary N) is 2. The third kappa shape index (κ3) is 1.90. The molecule has 0 aromatic heterocycles.